The fraction of sp³-hybridized carbons (Fsp3) is 0.969. The minimum atomic E-state index is -0.278. The van der Waals surface area contributed by atoms with Gasteiger partial charge in [-0.05, 0) is 72.3 Å². The number of hydrogen-bond donors (Lipinski definition) is 2. The first kappa shape index (κ1) is 49.1. The predicted molar refractivity (Wildman–Crippen MR) is 226 cm³/mol. The molecular formula is C32H66F2I4N6OV-. The number of alkyl halides is 3. The third-order valence-corrected chi connectivity index (χ3v) is 9.30. The third kappa shape index (κ3) is 19.2. The standard InChI is InChI=1S/C9H17FN2.C9H18N2O.C8H15FN2.C3H7I.C2H5.CH4.3HI.V/c1-11-6-8-3-2-4-12(8)7-9(11)5-10;1-10-5-8-3-2-4-11(8)6-9(10)7-12;9-4-7-6-11-3-1-2-8(11)5-10-7;1-3(2)4;1-2;;;;;/h8-9H,2-7H2,1H3;8-9,12H,2-7H2,1H3;7-8,10H,1-6H2;3H,1-2H3;1H2,2H3;1H4;3*1H;/q;;;;-1;;;;;+3/p-3. The summed E-state index contributed by atoms with van der Waals surface area (Å²) in [5.41, 5.74) is 0. The second kappa shape index (κ2) is 28.6. The van der Waals surface area contributed by atoms with E-state index in [9.17, 15) is 8.78 Å². The fourth-order valence-corrected chi connectivity index (χ4v) is 6.95. The van der Waals surface area contributed by atoms with E-state index < -0.39 is 0 Å². The summed E-state index contributed by atoms with van der Waals surface area (Å²) < 4.78 is 25.6. The summed E-state index contributed by atoms with van der Waals surface area (Å²) in [6.07, 6.45) is 7.90. The van der Waals surface area contributed by atoms with Crippen LogP contribution in [0.25, 0.3) is 0 Å². The van der Waals surface area contributed by atoms with E-state index in [2.05, 4.69) is 140 Å². The fourth-order valence-electron chi connectivity index (χ4n) is 6.95. The van der Waals surface area contributed by atoms with Crippen molar-refractivity contribution in [2.24, 2.45) is 0 Å². The Morgan fingerprint density at radius 3 is 1.57 bits per heavy atom. The molecule has 0 aromatic heterocycles. The van der Waals surface area contributed by atoms with E-state index in [0.29, 0.717) is 18.7 Å². The molecule has 6 unspecified atom stereocenters. The van der Waals surface area contributed by atoms with Crippen molar-refractivity contribution >= 4 is 82.5 Å². The summed E-state index contributed by atoms with van der Waals surface area (Å²) in [5.74, 6) is 0. The summed E-state index contributed by atoms with van der Waals surface area (Å²) in [7, 11) is 4.16. The molecule has 6 fully saturated rings. The Balaban J connectivity index is 0.000000573. The zero-order valence-corrected chi connectivity index (χ0v) is 38.4. The summed E-state index contributed by atoms with van der Waals surface area (Å²) >= 11 is 9.73. The van der Waals surface area contributed by atoms with Gasteiger partial charge in [-0.2, -0.15) is 6.92 Å². The van der Waals surface area contributed by atoms with Crippen molar-refractivity contribution in [1.82, 2.24) is 29.8 Å². The van der Waals surface area contributed by atoms with Gasteiger partial charge in [0.25, 0.3) is 0 Å². The molecular weight excluding hydrogens is 1080 g/mol. The molecule has 0 radical (unpaired) electrons. The molecule has 0 saturated carbocycles. The molecule has 46 heavy (non-hydrogen) atoms. The second-order valence-electron chi connectivity index (χ2n) is 12.9. The van der Waals surface area contributed by atoms with E-state index in [1.165, 1.54) is 58.2 Å². The number of piperazine rings is 3. The molecule has 6 saturated heterocycles. The van der Waals surface area contributed by atoms with Crippen LogP contribution in [0, 0.1) is 6.92 Å². The van der Waals surface area contributed by atoms with Crippen LogP contribution in [-0.4, -0.2) is 163 Å². The Bertz CT molecular complexity index is 697. The van der Waals surface area contributed by atoms with Gasteiger partial charge in [0.1, 0.15) is 13.3 Å². The third-order valence-electron chi connectivity index (χ3n) is 9.30. The van der Waals surface area contributed by atoms with Crippen molar-refractivity contribution in [2.45, 2.75) is 107 Å². The quantitative estimate of drug-likeness (QED) is 0.183. The Morgan fingerprint density at radius 2 is 1.15 bits per heavy atom. The minimum absolute atomic E-state index is 0. The summed E-state index contributed by atoms with van der Waals surface area (Å²) in [5, 5.41) is 12.3. The number of nitrogens with one attached hydrogen (secondary N) is 1. The van der Waals surface area contributed by atoms with E-state index in [0.717, 1.165) is 55.3 Å². The van der Waals surface area contributed by atoms with Crippen molar-refractivity contribution in [2.75, 3.05) is 93.0 Å². The molecule has 6 aliphatic rings. The van der Waals surface area contributed by atoms with Gasteiger partial charge < -0.3 is 17.3 Å². The molecule has 6 rings (SSSR count). The van der Waals surface area contributed by atoms with Gasteiger partial charge in [0.05, 0.1) is 12.6 Å². The molecule has 0 aromatic rings. The van der Waals surface area contributed by atoms with Crippen molar-refractivity contribution in [3.63, 3.8) is 0 Å². The summed E-state index contributed by atoms with van der Waals surface area (Å²) in [6, 6.07) is 2.83. The maximum atomic E-state index is 12.5. The van der Waals surface area contributed by atoms with Crippen LogP contribution >= 0.6 is 82.5 Å². The number of fused-ring (bicyclic) bond motifs is 3. The van der Waals surface area contributed by atoms with Crippen LogP contribution < -0.4 is 5.32 Å². The number of halogens is 6. The molecule has 0 spiro atoms. The Hall–Kier alpha value is 3.08. The van der Waals surface area contributed by atoms with Crippen LogP contribution in [0.15, 0.2) is 0 Å². The molecule has 0 aliphatic carbocycles. The van der Waals surface area contributed by atoms with Crippen molar-refractivity contribution in [3.05, 3.63) is 6.92 Å². The van der Waals surface area contributed by atoms with Crippen molar-refractivity contribution < 1.29 is 18.8 Å². The Morgan fingerprint density at radius 1 is 0.761 bits per heavy atom. The summed E-state index contributed by atoms with van der Waals surface area (Å²) in [4.78, 5) is 11.6. The monoisotopic (exact) mass is 1150 g/mol. The molecule has 14 heteroatoms. The van der Waals surface area contributed by atoms with Gasteiger partial charge in [0, 0.05) is 73.4 Å². The van der Waals surface area contributed by atoms with Gasteiger partial charge in [-0.3, -0.25) is 24.5 Å². The number of aliphatic hydroxyl groups excluding tert-OH is 1. The van der Waals surface area contributed by atoms with E-state index in [-0.39, 0.29) is 37.8 Å². The Kier molecular flexibility index (Phi) is 30.5. The molecule has 6 aliphatic heterocycles. The van der Waals surface area contributed by atoms with Gasteiger partial charge in [-0.15, -0.1) is 0 Å². The van der Waals surface area contributed by atoms with Gasteiger partial charge in [0.15, 0.2) is 0 Å². The van der Waals surface area contributed by atoms with Crippen LogP contribution in [0.3, 0.4) is 0 Å². The number of nitrogens with zero attached hydrogens (tertiary/aromatic N) is 5. The predicted octanol–water partition coefficient (Wildman–Crippen LogP) is 6.84. The molecule has 2 N–H and O–H groups in total. The van der Waals surface area contributed by atoms with Gasteiger partial charge in [-0.25, -0.2) is 8.78 Å². The van der Waals surface area contributed by atoms with E-state index in [4.69, 9.17) is 5.11 Å². The maximum absolute atomic E-state index is 12.5. The molecule has 7 nitrogen and oxygen atoms in total. The van der Waals surface area contributed by atoms with Crippen molar-refractivity contribution in [3.8, 4) is 0 Å². The van der Waals surface area contributed by atoms with Gasteiger partial charge >= 0.3 is 64.9 Å². The number of rotatable bonds is 3. The average Bonchev–Trinajstić information content (AvgIpc) is 3.77. The SMILES string of the molecule is C.CC(C)I.CN1CC2CCCN2CC1CF.CN1CC2CCCN2CC1CO.FCC1CN2CCCC2CN1.[CH2-]C.[I][V]([I])[I]. The zero-order valence-electron chi connectivity index (χ0n) is 28.4. The topological polar surface area (TPSA) is 48.5 Å². The van der Waals surface area contributed by atoms with E-state index >= 15 is 0 Å². The normalized spacial score (nSPS) is 31.1. The average molecular weight is 1150 g/mol. The molecule has 6 heterocycles. The van der Waals surface area contributed by atoms with Crippen LogP contribution in [0.5, 0.6) is 0 Å². The zero-order chi connectivity index (χ0) is 33.9. The van der Waals surface area contributed by atoms with Crippen LogP contribution in [0.2, 0.25) is 0 Å². The first-order chi connectivity index (χ1) is 21.5. The van der Waals surface area contributed by atoms with Gasteiger partial charge in [-0.1, -0.05) is 43.9 Å². The molecule has 278 valence electrons. The van der Waals surface area contributed by atoms with Crippen LogP contribution in [-0.2, 0) is 4.92 Å². The number of hydrogen-bond acceptors (Lipinski definition) is 7. The number of aliphatic hydroxyl groups is 1. The molecule has 6 atom stereocenters. The number of likely N-dealkylation sites (N-methyl/N-ethyl adjacent to an activating group) is 2. The second-order valence-corrected chi connectivity index (χ2v) is 50.7. The molecule has 0 aromatic carbocycles. The summed E-state index contributed by atoms with van der Waals surface area (Å²) in [6.45, 7) is 18.9. The first-order valence-corrected chi connectivity index (χ1v) is 31.5. The van der Waals surface area contributed by atoms with E-state index in [1.54, 1.807) is 6.92 Å². The molecule has 0 bridgehead atoms. The van der Waals surface area contributed by atoms with Crippen molar-refractivity contribution in [1.29, 1.82) is 0 Å². The first-order valence-electron chi connectivity index (χ1n) is 16.7. The Labute approximate surface area is 334 Å². The molecule has 0 amide bonds. The van der Waals surface area contributed by atoms with Crippen LogP contribution in [0.1, 0.15) is 66.7 Å². The van der Waals surface area contributed by atoms with E-state index in [1.807, 2.05) is 7.05 Å². The van der Waals surface area contributed by atoms with Crippen LogP contribution in [0.4, 0.5) is 8.78 Å². The van der Waals surface area contributed by atoms with Gasteiger partial charge in [0.2, 0.25) is 0 Å².